The number of carbonyl (C=O) groups excluding carboxylic acids is 3. The summed E-state index contributed by atoms with van der Waals surface area (Å²) in [5.74, 6) is -1.28. The van der Waals surface area contributed by atoms with Crippen LogP contribution >= 0.6 is 0 Å². The third-order valence-corrected chi connectivity index (χ3v) is 7.00. The highest BCUT2D eigenvalue weighted by molar-refractivity contribution is 6.43. The minimum Gasteiger partial charge on any atom is -0.426 e. The minimum absolute atomic E-state index is 0.171. The van der Waals surface area contributed by atoms with E-state index in [1.807, 2.05) is 0 Å². The maximum Gasteiger partial charge on any atom is 0.475 e. The lowest BCUT2D eigenvalue weighted by Gasteiger charge is -2.43. The van der Waals surface area contributed by atoms with Gasteiger partial charge in [-0.05, 0) is 44.4 Å². The fraction of sp³-hybridized carbons (Fsp3) is 0.850. The van der Waals surface area contributed by atoms with Crippen LogP contribution in [0.15, 0.2) is 0 Å². The summed E-state index contributed by atoms with van der Waals surface area (Å²) in [7, 11) is -1.59. The second-order valence-corrected chi connectivity index (χ2v) is 8.88. The van der Waals surface area contributed by atoms with Gasteiger partial charge in [-0.3, -0.25) is 14.4 Å². The molecule has 3 rings (SSSR count). The lowest BCUT2D eigenvalue weighted by Crippen LogP contribution is -2.64. The summed E-state index contributed by atoms with van der Waals surface area (Å²) >= 11 is 0. The molecular weight excluding hydrogens is 387 g/mol. The average Bonchev–Trinajstić information content (AvgIpc) is 3.21. The summed E-state index contributed by atoms with van der Waals surface area (Å²) in [4.78, 5) is 41.5. The van der Waals surface area contributed by atoms with Crippen LogP contribution in [0.4, 0.5) is 0 Å². The van der Waals surface area contributed by atoms with Crippen LogP contribution in [0.1, 0.15) is 64.7 Å². The zero-order valence-electron chi connectivity index (χ0n) is 17.8. The Bertz CT molecular complexity index is 643. The first-order chi connectivity index (χ1) is 14.3. The van der Waals surface area contributed by atoms with Crippen LogP contribution in [0, 0.1) is 5.92 Å². The molecular formula is C20H35BN4O5. The molecule has 0 aromatic heterocycles. The zero-order chi connectivity index (χ0) is 21.8. The molecule has 0 unspecified atom stereocenters. The number of likely N-dealkylation sites (tertiary alicyclic amines) is 2. The van der Waals surface area contributed by atoms with E-state index >= 15 is 0 Å². The van der Waals surface area contributed by atoms with Crippen molar-refractivity contribution in [2.45, 2.75) is 88.8 Å². The van der Waals surface area contributed by atoms with Crippen molar-refractivity contribution in [3.05, 3.63) is 0 Å². The summed E-state index contributed by atoms with van der Waals surface area (Å²) in [6, 6.07) is -1.91. The van der Waals surface area contributed by atoms with E-state index in [2.05, 4.69) is 5.32 Å². The van der Waals surface area contributed by atoms with Crippen LogP contribution in [0.5, 0.6) is 0 Å². The Kier molecular flexibility index (Phi) is 7.76. The molecule has 0 aromatic rings. The topological polar surface area (TPSA) is 136 Å². The van der Waals surface area contributed by atoms with E-state index in [9.17, 15) is 24.4 Å². The molecule has 10 heteroatoms. The second-order valence-electron chi connectivity index (χ2n) is 8.88. The van der Waals surface area contributed by atoms with E-state index < -0.39 is 31.2 Å². The lowest BCUT2D eigenvalue weighted by atomic mass is 9.77. The van der Waals surface area contributed by atoms with Gasteiger partial charge in [0.15, 0.2) is 0 Å². The van der Waals surface area contributed by atoms with Crippen molar-refractivity contribution >= 4 is 24.8 Å². The number of nitrogens with one attached hydrogen (secondary N) is 1. The van der Waals surface area contributed by atoms with Crippen LogP contribution in [0.3, 0.4) is 0 Å². The van der Waals surface area contributed by atoms with Gasteiger partial charge in [0.1, 0.15) is 12.1 Å². The van der Waals surface area contributed by atoms with Gasteiger partial charge >= 0.3 is 7.12 Å². The molecule has 9 nitrogen and oxygen atoms in total. The Balaban J connectivity index is 1.57. The Morgan fingerprint density at radius 3 is 2.27 bits per heavy atom. The van der Waals surface area contributed by atoms with Gasteiger partial charge in [0, 0.05) is 13.1 Å². The van der Waals surface area contributed by atoms with E-state index in [1.165, 1.54) is 11.3 Å². The van der Waals surface area contributed by atoms with Gasteiger partial charge in [0.25, 0.3) is 0 Å². The first-order valence-corrected chi connectivity index (χ1v) is 11.4. The minimum atomic E-state index is -1.59. The van der Waals surface area contributed by atoms with Crippen LogP contribution in [-0.4, -0.2) is 81.8 Å². The van der Waals surface area contributed by atoms with E-state index in [4.69, 9.17) is 5.73 Å². The molecule has 30 heavy (non-hydrogen) atoms. The zero-order valence-corrected chi connectivity index (χ0v) is 17.8. The van der Waals surface area contributed by atoms with Crippen molar-refractivity contribution in [3.8, 4) is 0 Å². The summed E-state index contributed by atoms with van der Waals surface area (Å²) in [5, 5.41) is 21.8. The molecule has 5 N–H and O–H groups in total. The number of rotatable bonds is 7. The predicted molar refractivity (Wildman–Crippen MR) is 112 cm³/mol. The molecule has 0 aromatic carbocycles. The number of hydrogen-bond donors (Lipinski definition) is 4. The molecule has 3 fully saturated rings. The Morgan fingerprint density at radius 1 is 1.00 bits per heavy atom. The third-order valence-electron chi connectivity index (χ3n) is 7.00. The monoisotopic (exact) mass is 422 g/mol. The van der Waals surface area contributed by atoms with E-state index in [0.717, 1.165) is 25.7 Å². The molecule has 3 aliphatic rings. The SMILES string of the molecule is CC[C@H](NC(=O)[C@@H]1CCN1C(=O)[C@@H](N)C1CCCCC1)C(=O)N1CCC[C@H]1B(O)O. The molecule has 0 spiro atoms. The fourth-order valence-corrected chi connectivity index (χ4v) is 4.99. The predicted octanol–water partition coefficient (Wildman–Crippen LogP) is -0.607. The molecule has 0 bridgehead atoms. The number of nitrogens with two attached hydrogens (primary N) is 1. The lowest BCUT2D eigenvalue weighted by molar-refractivity contribution is -0.150. The quantitative estimate of drug-likeness (QED) is 0.404. The second kappa shape index (κ2) is 10.1. The summed E-state index contributed by atoms with van der Waals surface area (Å²) < 4.78 is 0. The first kappa shape index (κ1) is 23.0. The van der Waals surface area contributed by atoms with Crippen molar-refractivity contribution in [3.63, 3.8) is 0 Å². The standard InChI is InChI=1S/C20H35BN4O5/c1-2-14(19(27)25-11-6-9-16(25)21(29)30)23-18(26)15-10-12-24(15)20(28)17(22)13-7-4-3-5-8-13/h13-17,29-30H,2-12,22H2,1H3,(H,23,26)/t14-,15-,16-,17-/m0/s1. The van der Waals surface area contributed by atoms with Crippen molar-refractivity contribution in [2.24, 2.45) is 11.7 Å². The van der Waals surface area contributed by atoms with Gasteiger partial charge in [0.05, 0.1) is 12.0 Å². The maximum atomic E-state index is 12.9. The highest BCUT2D eigenvalue weighted by Crippen LogP contribution is 2.28. The number of hydrogen-bond acceptors (Lipinski definition) is 6. The summed E-state index contributed by atoms with van der Waals surface area (Å²) in [5.41, 5.74) is 6.24. The van der Waals surface area contributed by atoms with E-state index in [0.29, 0.717) is 38.8 Å². The third kappa shape index (κ3) is 4.81. The molecule has 0 radical (unpaired) electrons. The molecule has 1 aliphatic carbocycles. The van der Waals surface area contributed by atoms with Crippen LogP contribution in [0.25, 0.3) is 0 Å². The van der Waals surface area contributed by atoms with Gasteiger partial charge < -0.3 is 30.9 Å². The van der Waals surface area contributed by atoms with Gasteiger partial charge in [-0.15, -0.1) is 0 Å². The van der Waals surface area contributed by atoms with Crippen LogP contribution in [0.2, 0.25) is 0 Å². The van der Waals surface area contributed by atoms with Gasteiger partial charge in [-0.2, -0.15) is 0 Å². The summed E-state index contributed by atoms with van der Waals surface area (Å²) in [6.45, 7) is 2.75. The molecule has 4 atom stereocenters. The van der Waals surface area contributed by atoms with Crippen molar-refractivity contribution in [1.82, 2.24) is 15.1 Å². The van der Waals surface area contributed by atoms with Crippen LogP contribution < -0.4 is 11.1 Å². The van der Waals surface area contributed by atoms with Crippen LogP contribution in [-0.2, 0) is 14.4 Å². The van der Waals surface area contributed by atoms with Crippen molar-refractivity contribution < 1.29 is 24.4 Å². The molecule has 2 aliphatic heterocycles. The molecule has 2 saturated heterocycles. The highest BCUT2D eigenvalue weighted by Gasteiger charge is 2.43. The van der Waals surface area contributed by atoms with E-state index in [1.54, 1.807) is 11.8 Å². The normalized spacial score (nSPS) is 26.7. The number of nitrogens with zero attached hydrogens (tertiary/aromatic N) is 2. The molecule has 1 saturated carbocycles. The Morgan fingerprint density at radius 2 is 1.70 bits per heavy atom. The molecule has 3 amide bonds. The number of carbonyl (C=O) groups is 3. The summed E-state index contributed by atoms with van der Waals surface area (Å²) in [6.07, 6.45) is 7.45. The van der Waals surface area contributed by atoms with Gasteiger partial charge in [-0.1, -0.05) is 26.2 Å². The van der Waals surface area contributed by atoms with Gasteiger partial charge in [0.2, 0.25) is 17.7 Å². The highest BCUT2D eigenvalue weighted by atomic mass is 16.4. The van der Waals surface area contributed by atoms with Crippen molar-refractivity contribution in [2.75, 3.05) is 13.1 Å². The number of amides is 3. The fourth-order valence-electron chi connectivity index (χ4n) is 4.99. The largest absolute Gasteiger partial charge is 0.475 e. The van der Waals surface area contributed by atoms with Gasteiger partial charge in [-0.25, -0.2) is 0 Å². The molecule has 2 heterocycles. The Labute approximate surface area is 178 Å². The Hall–Kier alpha value is -1.65. The maximum absolute atomic E-state index is 12.9. The van der Waals surface area contributed by atoms with E-state index in [-0.39, 0.29) is 23.6 Å². The van der Waals surface area contributed by atoms with Crippen molar-refractivity contribution in [1.29, 1.82) is 0 Å². The smallest absolute Gasteiger partial charge is 0.426 e. The molecule has 168 valence electrons. The average molecular weight is 422 g/mol. The first-order valence-electron chi connectivity index (χ1n) is 11.4.